The van der Waals surface area contributed by atoms with Crippen molar-refractivity contribution in [1.82, 2.24) is 0 Å². The van der Waals surface area contributed by atoms with Gasteiger partial charge >= 0.3 is 0 Å². The summed E-state index contributed by atoms with van der Waals surface area (Å²) in [5.74, 6) is 0. The van der Waals surface area contributed by atoms with Gasteiger partial charge in [-0.3, -0.25) is 0 Å². The third kappa shape index (κ3) is 3.53. The summed E-state index contributed by atoms with van der Waals surface area (Å²) in [6, 6.07) is 48.9. The average molecular weight is 583 g/mol. The molecule has 0 N–H and O–H groups in total. The predicted octanol–water partition coefficient (Wildman–Crippen LogP) is 12.6. The van der Waals surface area contributed by atoms with Crippen molar-refractivity contribution in [3.63, 3.8) is 0 Å². The molecule has 9 aromatic rings. The molecule has 0 saturated heterocycles. The molecule has 1 nitrogen and oxygen atoms in total. The molecule has 0 amide bonds. The molecule has 10 rings (SSSR count). The van der Waals surface area contributed by atoms with Crippen LogP contribution < -0.4 is 0 Å². The lowest BCUT2D eigenvalue weighted by molar-refractivity contribution is 0.669. The van der Waals surface area contributed by atoms with Gasteiger partial charge in [-0.25, -0.2) is 0 Å². The predicted molar refractivity (Wildman–Crippen MR) is 185 cm³/mol. The van der Waals surface area contributed by atoms with Crippen LogP contribution in [0, 0.1) is 0 Å². The van der Waals surface area contributed by atoms with Crippen LogP contribution in [-0.4, -0.2) is 0 Å². The Morgan fingerprint density at radius 1 is 0.419 bits per heavy atom. The molecule has 0 atom stereocenters. The van der Waals surface area contributed by atoms with E-state index in [9.17, 15) is 0 Å². The van der Waals surface area contributed by atoms with Gasteiger partial charge < -0.3 is 4.42 Å². The number of fused-ring (bicyclic) bond motifs is 8. The Balaban J connectivity index is 1.07. The lowest BCUT2D eigenvalue weighted by Gasteiger charge is -2.21. The van der Waals surface area contributed by atoms with Gasteiger partial charge in [-0.15, -0.1) is 11.3 Å². The first kappa shape index (κ1) is 23.7. The largest absolute Gasteiger partial charge is 0.456 e. The molecule has 0 fully saturated rings. The molecule has 0 radical (unpaired) electrons. The summed E-state index contributed by atoms with van der Waals surface area (Å²) in [7, 11) is 0. The number of para-hydroxylation sites is 1. The zero-order chi connectivity index (χ0) is 28.1. The van der Waals surface area contributed by atoms with E-state index in [0.29, 0.717) is 0 Å². The minimum absolute atomic E-state index is 0.932. The van der Waals surface area contributed by atoms with Crippen molar-refractivity contribution < 1.29 is 4.42 Å². The van der Waals surface area contributed by atoms with Crippen LogP contribution in [0.4, 0.5) is 0 Å². The van der Waals surface area contributed by atoms with Gasteiger partial charge in [0, 0.05) is 46.1 Å². The first-order valence-corrected chi connectivity index (χ1v) is 16.1. The minimum atomic E-state index is 0.932. The number of rotatable bonds is 2. The summed E-state index contributed by atoms with van der Waals surface area (Å²) in [5, 5.41) is 7.64. The molecular formula is C40H22OS2. The highest BCUT2D eigenvalue weighted by atomic mass is 32.2. The summed E-state index contributed by atoms with van der Waals surface area (Å²) in [4.78, 5) is 2.67. The summed E-state index contributed by atoms with van der Waals surface area (Å²) in [5.41, 5.74) is 9.49. The Labute approximate surface area is 256 Å². The van der Waals surface area contributed by atoms with Crippen LogP contribution in [0.3, 0.4) is 0 Å². The van der Waals surface area contributed by atoms with Gasteiger partial charge in [0.1, 0.15) is 11.2 Å². The zero-order valence-corrected chi connectivity index (χ0v) is 24.6. The standard InChI is InChI=1S/C40H22OS2/c1-2-9-34-28(7-1)32-19-24(13-17-35(32)41-34)26-11-15-29-30-16-12-27(22-39(30)43-38(29)21-26)25-14-18-36-33(20-25)31-8-3-5-23-6-4-10-37(42-36)40(23)31/h1-22H. The van der Waals surface area contributed by atoms with Crippen molar-refractivity contribution in [3.8, 4) is 33.4 Å². The molecule has 0 saturated carbocycles. The Hall–Kier alpha value is -4.83. The van der Waals surface area contributed by atoms with E-state index in [1.165, 1.54) is 74.1 Å². The Kier molecular flexibility index (Phi) is 4.87. The molecule has 0 aliphatic carbocycles. The van der Waals surface area contributed by atoms with Crippen molar-refractivity contribution in [2.24, 2.45) is 0 Å². The minimum Gasteiger partial charge on any atom is -0.456 e. The fraction of sp³-hybridized carbons (Fsp3) is 0. The summed E-state index contributed by atoms with van der Waals surface area (Å²) < 4.78 is 8.69. The van der Waals surface area contributed by atoms with E-state index in [-0.39, 0.29) is 0 Å². The van der Waals surface area contributed by atoms with E-state index < -0.39 is 0 Å². The number of thiophene rings is 1. The molecule has 7 aromatic carbocycles. The van der Waals surface area contributed by atoms with Gasteiger partial charge in [-0.1, -0.05) is 96.7 Å². The van der Waals surface area contributed by atoms with Crippen LogP contribution in [0.15, 0.2) is 148 Å². The van der Waals surface area contributed by atoms with E-state index in [2.05, 4.69) is 121 Å². The van der Waals surface area contributed by atoms with Gasteiger partial charge in [0.2, 0.25) is 0 Å². The molecule has 3 heteroatoms. The molecule has 0 unspecified atom stereocenters. The lowest BCUT2D eigenvalue weighted by atomic mass is 9.94. The van der Waals surface area contributed by atoms with Crippen LogP contribution in [0.25, 0.3) is 86.3 Å². The van der Waals surface area contributed by atoms with Crippen LogP contribution >= 0.6 is 23.1 Å². The Morgan fingerprint density at radius 3 is 1.93 bits per heavy atom. The highest BCUT2D eigenvalue weighted by molar-refractivity contribution is 7.99. The van der Waals surface area contributed by atoms with Crippen LogP contribution in [0.1, 0.15) is 0 Å². The summed E-state index contributed by atoms with van der Waals surface area (Å²) in [6.45, 7) is 0. The molecular weight excluding hydrogens is 561 g/mol. The van der Waals surface area contributed by atoms with Gasteiger partial charge in [0.25, 0.3) is 0 Å². The molecule has 0 bridgehead atoms. The smallest absolute Gasteiger partial charge is 0.135 e. The monoisotopic (exact) mass is 582 g/mol. The maximum Gasteiger partial charge on any atom is 0.135 e. The normalized spacial score (nSPS) is 12.6. The second-order valence-electron chi connectivity index (χ2n) is 11.3. The maximum atomic E-state index is 6.06. The van der Waals surface area contributed by atoms with Crippen LogP contribution in [-0.2, 0) is 0 Å². The quantitative estimate of drug-likeness (QED) is 0.201. The molecule has 0 spiro atoms. The van der Waals surface area contributed by atoms with Crippen molar-refractivity contribution in [1.29, 1.82) is 0 Å². The highest BCUT2D eigenvalue weighted by Gasteiger charge is 2.19. The SMILES string of the molecule is c1cc2c3c(cccc3c1)-c1cc(-c3ccc4c(c3)sc3cc(-c5ccc6oc7ccccc7c6c5)ccc34)ccc1S2. The first-order valence-electron chi connectivity index (χ1n) is 14.5. The van der Waals surface area contributed by atoms with Gasteiger partial charge in [-0.05, 0) is 87.3 Å². The number of furan rings is 1. The average Bonchev–Trinajstić information content (AvgIpc) is 3.62. The van der Waals surface area contributed by atoms with E-state index in [1.54, 1.807) is 0 Å². The Bertz CT molecular complexity index is 2600. The van der Waals surface area contributed by atoms with Gasteiger partial charge in [0.15, 0.2) is 0 Å². The Morgan fingerprint density at radius 2 is 1.09 bits per heavy atom. The number of hydrogen-bond acceptors (Lipinski definition) is 3. The fourth-order valence-electron chi connectivity index (χ4n) is 6.79. The van der Waals surface area contributed by atoms with E-state index in [0.717, 1.165) is 21.9 Å². The summed E-state index contributed by atoms with van der Waals surface area (Å²) >= 11 is 3.76. The molecule has 43 heavy (non-hydrogen) atoms. The molecule has 3 heterocycles. The summed E-state index contributed by atoms with van der Waals surface area (Å²) in [6.07, 6.45) is 0. The second kappa shape index (κ2) is 8.84. The highest BCUT2D eigenvalue weighted by Crippen LogP contribution is 2.49. The zero-order valence-electron chi connectivity index (χ0n) is 22.9. The lowest BCUT2D eigenvalue weighted by Crippen LogP contribution is -1.93. The fourth-order valence-corrected chi connectivity index (χ4v) is 9.10. The first-order chi connectivity index (χ1) is 21.3. The number of benzene rings is 7. The third-order valence-electron chi connectivity index (χ3n) is 8.87. The van der Waals surface area contributed by atoms with E-state index in [1.807, 2.05) is 35.2 Å². The van der Waals surface area contributed by atoms with E-state index >= 15 is 0 Å². The second-order valence-corrected chi connectivity index (χ2v) is 13.5. The van der Waals surface area contributed by atoms with Gasteiger partial charge in [0.05, 0.1) is 0 Å². The van der Waals surface area contributed by atoms with Crippen molar-refractivity contribution in [3.05, 3.63) is 133 Å². The van der Waals surface area contributed by atoms with Crippen molar-refractivity contribution >= 4 is 76.0 Å². The van der Waals surface area contributed by atoms with Crippen molar-refractivity contribution in [2.75, 3.05) is 0 Å². The third-order valence-corrected chi connectivity index (χ3v) is 11.1. The number of hydrogen-bond donors (Lipinski definition) is 0. The molecule has 1 aliphatic heterocycles. The topological polar surface area (TPSA) is 13.1 Å². The molecule has 200 valence electrons. The maximum absolute atomic E-state index is 6.06. The van der Waals surface area contributed by atoms with Crippen LogP contribution in [0.5, 0.6) is 0 Å². The molecule has 1 aliphatic rings. The molecule has 2 aromatic heterocycles. The van der Waals surface area contributed by atoms with Crippen molar-refractivity contribution in [2.45, 2.75) is 9.79 Å². The van der Waals surface area contributed by atoms with E-state index in [4.69, 9.17) is 4.42 Å². The van der Waals surface area contributed by atoms with Gasteiger partial charge in [-0.2, -0.15) is 0 Å². The van der Waals surface area contributed by atoms with Crippen LogP contribution in [0.2, 0.25) is 0 Å².